The zero-order valence-corrected chi connectivity index (χ0v) is 36.0. The van der Waals surface area contributed by atoms with Crippen LogP contribution in [0.5, 0.6) is 0 Å². The summed E-state index contributed by atoms with van der Waals surface area (Å²) < 4.78 is 2.65. The SMILES string of the molecule is CC1(C)c2ccccc2-c2ccc(-c3ccc(N(c4ccc(-c5cccc(-c6ccc7ccccc7c6)c5)cc4)c4ccc(-c5cccc6c5sc5ccccc56)cc4)cc3)cc21. The Balaban J connectivity index is 0.908. The van der Waals surface area contributed by atoms with E-state index in [0.29, 0.717) is 0 Å². The molecule has 0 atom stereocenters. The highest BCUT2D eigenvalue weighted by molar-refractivity contribution is 7.26. The highest BCUT2D eigenvalue weighted by Crippen LogP contribution is 2.50. The topological polar surface area (TPSA) is 3.24 Å². The number of anilines is 3. The maximum Gasteiger partial charge on any atom is 0.0462 e. The summed E-state index contributed by atoms with van der Waals surface area (Å²) in [4.78, 5) is 2.38. The van der Waals surface area contributed by atoms with E-state index in [2.05, 4.69) is 243 Å². The van der Waals surface area contributed by atoms with Crippen molar-refractivity contribution in [1.29, 1.82) is 0 Å². The van der Waals surface area contributed by atoms with Crippen LogP contribution >= 0.6 is 11.3 Å². The lowest BCUT2D eigenvalue weighted by molar-refractivity contribution is 0.660. The van der Waals surface area contributed by atoms with E-state index in [0.717, 1.165) is 17.1 Å². The summed E-state index contributed by atoms with van der Waals surface area (Å²) in [5.41, 5.74) is 18.5. The van der Waals surface area contributed by atoms with Gasteiger partial charge in [0.25, 0.3) is 0 Å². The lowest BCUT2D eigenvalue weighted by atomic mass is 9.81. The van der Waals surface area contributed by atoms with Crippen LogP contribution in [0.2, 0.25) is 0 Å². The summed E-state index contributed by atoms with van der Waals surface area (Å²) in [5.74, 6) is 0. The Morgan fingerprint density at radius 2 is 0.841 bits per heavy atom. The molecule has 1 nitrogen and oxygen atoms in total. The zero-order chi connectivity index (χ0) is 42.1. The fourth-order valence-electron chi connectivity index (χ4n) is 9.95. The van der Waals surface area contributed by atoms with Crippen LogP contribution in [-0.4, -0.2) is 0 Å². The Morgan fingerprint density at radius 3 is 1.59 bits per heavy atom. The first kappa shape index (κ1) is 37.3. The zero-order valence-electron chi connectivity index (χ0n) is 35.2. The number of hydrogen-bond donors (Lipinski definition) is 0. The van der Waals surface area contributed by atoms with E-state index in [9.17, 15) is 0 Å². The van der Waals surface area contributed by atoms with Crippen LogP contribution in [0.3, 0.4) is 0 Å². The first-order chi connectivity index (χ1) is 31.0. The van der Waals surface area contributed by atoms with Gasteiger partial charge in [-0.05, 0) is 138 Å². The molecule has 12 rings (SSSR count). The van der Waals surface area contributed by atoms with Crippen LogP contribution in [0.1, 0.15) is 25.0 Å². The lowest BCUT2D eigenvalue weighted by Gasteiger charge is -2.26. The second-order valence-corrected chi connectivity index (χ2v) is 18.4. The fourth-order valence-corrected chi connectivity index (χ4v) is 11.2. The quantitative estimate of drug-likeness (QED) is 0.155. The monoisotopic (exact) mass is 821 g/mol. The Morgan fingerprint density at radius 1 is 0.333 bits per heavy atom. The van der Waals surface area contributed by atoms with Crippen LogP contribution in [-0.2, 0) is 5.41 Å². The molecule has 1 aliphatic carbocycles. The van der Waals surface area contributed by atoms with Gasteiger partial charge < -0.3 is 4.90 Å². The van der Waals surface area contributed by atoms with Gasteiger partial charge in [0.15, 0.2) is 0 Å². The average molecular weight is 822 g/mol. The first-order valence-electron chi connectivity index (χ1n) is 21.8. The van der Waals surface area contributed by atoms with Crippen LogP contribution in [0.15, 0.2) is 224 Å². The van der Waals surface area contributed by atoms with Gasteiger partial charge in [-0.1, -0.05) is 178 Å². The van der Waals surface area contributed by atoms with Crippen LogP contribution in [0.4, 0.5) is 17.1 Å². The van der Waals surface area contributed by atoms with Crippen molar-refractivity contribution < 1.29 is 0 Å². The van der Waals surface area contributed by atoms with Gasteiger partial charge in [-0.25, -0.2) is 0 Å². The molecule has 298 valence electrons. The normalized spacial score (nSPS) is 12.7. The molecule has 11 aromatic rings. The molecule has 0 unspecified atom stereocenters. The summed E-state index contributed by atoms with van der Waals surface area (Å²) in [6.07, 6.45) is 0. The first-order valence-corrected chi connectivity index (χ1v) is 22.6. The third-order valence-corrected chi connectivity index (χ3v) is 14.5. The van der Waals surface area contributed by atoms with Crippen molar-refractivity contribution in [2.75, 3.05) is 4.90 Å². The third kappa shape index (κ3) is 6.37. The Hall–Kier alpha value is -7.52. The Bertz CT molecular complexity index is 3520. The minimum Gasteiger partial charge on any atom is -0.311 e. The van der Waals surface area contributed by atoms with E-state index in [-0.39, 0.29) is 5.41 Å². The predicted molar refractivity (Wildman–Crippen MR) is 271 cm³/mol. The molecule has 0 bridgehead atoms. The van der Waals surface area contributed by atoms with E-state index >= 15 is 0 Å². The molecule has 1 heterocycles. The molecule has 0 saturated carbocycles. The number of rotatable bonds is 7. The molecule has 0 aliphatic heterocycles. The summed E-state index contributed by atoms with van der Waals surface area (Å²) >= 11 is 1.88. The number of benzene rings is 10. The van der Waals surface area contributed by atoms with Gasteiger partial charge in [0, 0.05) is 42.6 Å². The average Bonchev–Trinajstić information content (AvgIpc) is 3.84. The molecule has 63 heavy (non-hydrogen) atoms. The summed E-state index contributed by atoms with van der Waals surface area (Å²) in [5, 5.41) is 5.15. The van der Waals surface area contributed by atoms with E-state index in [1.165, 1.54) is 97.7 Å². The number of hydrogen-bond acceptors (Lipinski definition) is 2. The minimum atomic E-state index is -0.0444. The van der Waals surface area contributed by atoms with Crippen LogP contribution < -0.4 is 4.90 Å². The molecule has 1 aromatic heterocycles. The van der Waals surface area contributed by atoms with Crippen molar-refractivity contribution in [1.82, 2.24) is 0 Å². The molecule has 0 spiro atoms. The van der Waals surface area contributed by atoms with Gasteiger partial charge in [0.2, 0.25) is 0 Å². The van der Waals surface area contributed by atoms with Crippen LogP contribution in [0, 0.1) is 0 Å². The maximum atomic E-state index is 2.41. The van der Waals surface area contributed by atoms with Gasteiger partial charge in [-0.2, -0.15) is 0 Å². The molecular formula is C61H43NS. The van der Waals surface area contributed by atoms with Gasteiger partial charge >= 0.3 is 0 Å². The van der Waals surface area contributed by atoms with Gasteiger partial charge in [-0.3, -0.25) is 0 Å². The van der Waals surface area contributed by atoms with Gasteiger partial charge in [0.05, 0.1) is 0 Å². The standard InChI is InChI=1S/C61H43NS/c1-61(2)57-19-7-5-15-53(57)54-36-29-48(39-58(54)61)42-25-32-50(33-26-42)62(51-34-27-43(28-35-51)52-17-10-18-56-55-16-6-8-20-59(55)63-60(52)56)49-30-23-41(24-31-49)45-13-9-14-46(37-45)47-22-21-40-11-3-4-12-44(40)38-47/h3-39H,1-2H3. The van der Waals surface area contributed by atoms with Crippen molar-refractivity contribution in [2.45, 2.75) is 19.3 Å². The van der Waals surface area contributed by atoms with Gasteiger partial charge in [-0.15, -0.1) is 11.3 Å². The molecule has 0 N–H and O–H groups in total. The molecule has 0 radical (unpaired) electrons. The second kappa shape index (κ2) is 14.8. The van der Waals surface area contributed by atoms with Crippen molar-refractivity contribution in [2.24, 2.45) is 0 Å². The van der Waals surface area contributed by atoms with E-state index < -0.39 is 0 Å². The molecule has 10 aromatic carbocycles. The third-order valence-electron chi connectivity index (χ3n) is 13.3. The molecule has 0 amide bonds. The molecule has 2 heteroatoms. The number of thiophene rings is 1. The summed E-state index contributed by atoms with van der Waals surface area (Å²) in [6, 6.07) is 82.8. The molecule has 0 saturated heterocycles. The molecule has 1 aliphatic rings. The largest absolute Gasteiger partial charge is 0.311 e. The molecular weight excluding hydrogens is 779 g/mol. The molecule has 0 fully saturated rings. The lowest BCUT2D eigenvalue weighted by Crippen LogP contribution is -2.14. The summed E-state index contributed by atoms with van der Waals surface area (Å²) in [6.45, 7) is 4.70. The van der Waals surface area contributed by atoms with Crippen molar-refractivity contribution in [3.8, 4) is 55.6 Å². The highest BCUT2D eigenvalue weighted by Gasteiger charge is 2.35. The smallest absolute Gasteiger partial charge is 0.0462 e. The Labute approximate surface area is 372 Å². The Kier molecular flexibility index (Phi) is 8.77. The minimum absolute atomic E-state index is 0.0444. The fraction of sp³-hybridized carbons (Fsp3) is 0.0492. The number of nitrogens with zero attached hydrogens (tertiary/aromatic N) is 1. The van der Waals surface area contributed by atoms with Crippen LogP contribution in [0.25, 0.3) is 86.6 Å². The van der Waals surface area contributed by atoms with E-state index in [1.54, 1.807) is 0 Å². The second-order valence-electron chi connectivity index (χ2n) is 17.3. The predicted octanol–water partition coefficient (Wildman–Crippen LogP) is 17.7. The summed E-state index contributed by atoms with van der Waals surface area (Å²) in [7, 11) is 0. The van der Waals surface area contributed by atoms with Crippen molar-refractivity contribution in [3.63, 3.8) is 0 Å². The highest BCUT2D eigenvalue weighted by atomic mass is 32.1. The van der Waals surface area contributed by atoms with Crippen molar-refractivity contribution in [3.05, 3.63) is 236 Å². The maximum absolute atomic E-state index is 2.41. The van der Waals surface area contributed by atoms with Crippen molar-refractivity contribution >= 4 is 59.3 Å². The number of fused-ring (bicyclic) bond motifs is 7. The van der Waals surface area contributed by atoms with E-state index in [1.807, 2.05) is 11.3 Å². The van der Waals surface area contributed by atoms with Gasteiger partial charge in [0.1, 0.15) is 0 Å². The van der Waals surface area contributed by atoms with E-state index in [4.69, 9.17) is 0 Å².